The standard InChI is InChI=1S/C12H13BrFN3S/c1-7-5-10(17(2)16-7)18-9-4-3-8(6-15)11(13)12(9)14/h3-5H,6,15H2,1-2H3. The van der Waals surface area contributed by atoms with Gasteiger partial charge in [-0.25, -0.2) is 4.39 Å². The summed E-state index contributed by atoms with van der Waals surface area (Å²) in [6.45, 7) is 2.22. The minimum Gasteiger partial charge on any atom is -0.326 e. The Morgan fingerprint density at radius 3 is 2.78 bits per heavy atom. The SMILES string of the molecule is Cc1cc(Sc2ccc(CN)c(Br)c2F)n(C)n1. The van der Waals surface area contributed by atoms with E-state index in [2.05, 4.69) is 21.0 Å². The number of aryl methyl sites for hydroxylation is 2. The molecule has 1 aromatic carbocycles. The van der Waals surface area contributed by atoms with Crippen LogP contribution in [0.2, 0.25) is 0 Å². The summed E-state index contributed by atoms with van der Waals surface area (Å²) in [6, 6.07) is 5.50. The van der Waals surface area contributed by atoms with Gasteiger partial charge in [0.1, 0.15) is 0 Å². The van der Waals surface area contributed by atoms with Crippen molar-refractivity contribution in [2.75, 3.05) is 0 Å². The lowest BCUT2D eigenvalue weighted by Gasteiger charge is -2.08. The molecular weight excluding hydrogens is 317 g/mol. The maximum Gasteiger partial charge on any atom is 0.151 e. The highest BCUT2D eigenvalue weighted by atomic mass is 79.9. The van der Waals surface area contributed by atoms with Crippen molar-refractivity contribution in [3.05, 3.63) is 39.7 Å². The molecule has 96 valence electrons. The highest BCUT2D eigenvalue weighted by molar-refractivity contribution is 9.10. The lowest BCUT2D eigenvalue weighted by atomic mass is 10.2. The Bertz CT molecular complexity index is 583. The number of hydrogen-bond acceptors (Lipinski definition) is 3. The van der Waals surface area contributed by atoms with E-state index in [1.165, 1.54) is 11.8 Å². The molecule has 3 nitrogen and oxygen atoms in total. The molecule has 0 unspecified atom stereocenters. The summed E-state index contributed by atoms with van der Waals surface area (Å²) in [4.78, 5) is 0.557. The molecule has 0 saturated heterocycles. The Morgan fingerprint density at radius 1 is 1.50 bits per heavy atom. The molecular formula is C12H13BrFN3S. The predicted molar refractivity (Wildman–Crippen MR) is 74.1 cm³/mol. The Balaban J connectivity index is 2.35. The number of aromatic nitrogens is 2. The van der Waals surface area contributed by atoms with E-state index in [4.69, 9.17) is 5.73 Å². The molecule has 0 bridgehead atoms. The van der Waals surface area contributed by atoms with Gasteiger partial charge in [-0.2, -0.15) is 5.10 Å². The molecule has 18 heavy (non-hydrogen) atoms. The highest BCUT2D eigenvalue weighted by Gasteiger charge is 2.13. The zero-order valence-corrected chi connectivity index (χ0v) is 12.5. The van der Waals surface area contributed by atoms with Crippen LogP contribution >= 0.6 is 27.7 Å². The van der Waals surface area contributed by atoms with E-state index < -0.39 is 0 Å². The molecule has 0 radical (unpaired) electrons. The van der Waals surface area contributed by atoms with E-state index in [-0.39, 0.29) is 5.82 Å². The summed E-state index contributed by atoms with van der Waals surface area (Å²) < 4.78 is 16.3. The summed E-state index contributed by atoms with van der Waals surface area (Å²) >= 11 is 4.59. The second-order valence-electron chi connectivity index (χ2n) is 3.90. The number of hydrogen-bond donors (Lipinski definition) is 1. The van der Waals surface area contributed by atoms with Gasteiger partial charge in [-0.3, -0.25) is 4.68 Å². The van der Waals surface area contributed by atoms with Gasteiger partial charge in [0, 0.05) is 13.6 Å². The number of nitrogens with two attached hydrogens (primary N) is 1. The molecule has 1 aromatic heterocycles. The molecule has 0 aliphatic heterocycles. The van der Waals surface area contributed by atoms with Gasteiger partial charge in [-0.1, -0.05) is 17.8 Å². The van der Waals surface area contributed by atoms with Crippen LogP contribution in [0.1, 0.15) is 11.3 Å². The monoisotopic (exact) mass is 329 g/mol. The normalized spacial score (nSPS) is 10.9. The number of nitrogens with zero attached hydrogens (tertiary/aromatic N) is 2. The molecule has 2 N–H and O–H groups in total. The Labute approximate surface area is 118 Å². The third-order valence-electron chi connectivity index (χ3n) is 2.52. The molecule has 0 spiro atoms. The average Bonchev–Trinajstić information content (AvgIpc) is 2.64. The first kappa shape index (κ1) is 13.6. The van der Waals surface area contributed by atoms with Crippen LogP contribution in [0.5, 0.6) is 0 Å². The van der Waals surface area contributed by atoms with Crippen molar-refractivity contribution in [3.8, 4) is 0 Å². The molecule has 0 amide bonds. The number of rotatable bonds is 3. The van der Waals surface area contributed by atoms with Gasteiger partial charge in [0.25, 0.3) is 0 Å². The molecule has 2 aromatic rings. The third kappa shape index (κ3) is 2.60. The first-order valence-corrected chi connectivity index (χ1v) is 6.99. The van der Waals surface area contributed by atoms with E-state index in [1.807, 2.05) is 26.1 Å². The molecule has 2 rings (SSSR count). The van der Waals surface area contributed by atoms with E-state index in [0.29, 0.717) is 15.9 Å². The van der Waals surface area contributed by atoms with Crippen LogP contribution < -0.4 is 5.73 Å². The smallest absolute Gasteiger partial charge is 0.151 e. The fourth-order valence-corrected chi connectivity index (χ4v) is 3.20. The molecule has 0 aliphatic rings. The number of benzene rings is 1. The van der Waals surface area contributed by atoms with E-state index in [9.17, 15) is 4.39 Å². The third-order valence-corrected chi connectivity index (χ3v) is 4.50. The van der Waals surface area contributed by atoms with Crippen LogP contribution in [-0.2, 0) is 13.6 Å². The fourth-order valence-electron chi connectivity index (χ4n) is 1.60. The van der Waals surface area contributed by atoms with Crippen molar-refractivity contribution in [2.24, 2.45) is 12.8 Å². The first-order valence-electron chi connectivity index (χ1n) is 5.38. The predicted octanol–water partition coefficient (Wildman–Crippen LogP) is 3.24. The van der Waals surface area contributed by atoms with Gasteiger partial charge in [-0.05, 0) is 40.5 Å². The van der Waals surface area contributed by atoms with E-state index >= 15 is 0 Å². The van der Waals surface area contributed by atoms with Crippen LogP contribution in [0, 0.1) is 12.7 Å². The molecule has 0 aliphatic carbocycles. The van der Waals surface area contributed by atoms with Crippen molar-refractivity contribution >= 4 is 27.7 Å². The van der Waals surface area contributed by atoms with Crippen LogP contribution in [0.3, 0.4) is 0 Å². The molecule has 6 heteroatoms. The second-order valence-corrected chi connectivity index (χ2v) is 5.76. The minimum absolute atomic E-state index is 0.276. The van der Waals surface area contributed by atoms with Gasteiger partial charge >= 0.3 is 0 Å². The van der Waals surface area contributed by atoms with Crippen molar-refractivity contribution in [2.45, 2.75) is 23.4 Å². The van der Waals surface area contributed by atoms with Crippen molar-refractivity contribution in [3.63, 3.8) is 0 Å². The van der Waals surface area contributed by atoms with Crippen molar-refractivity contribution in [1.82, 2.24) is 9.78 Å². The van der Waals surface area contributed by atoms with Crippen molar-refractivity contribution in [1.29, 1.82) is 0 Å². The van der Waals surface area contributed by atoms with E-state index in [0.717, 1.165) is 16.3 Å². The molecule has 0 saturated carbocycles. The van der Waals surface area contributed by atoms with Crippen molar-refractivity contribution < 1.29 is 4.39 Å². The first-order chi connectivity index (χ1) is 8.52. The zero-order chi connectivity index (χ0) is 13.3. The van der Waals surface area contributed by atoms with E-state index in [1.54, 1.807) is 10.7 Å². The summed E-state index contributed by atoms with van der Waals surface area (Å²) in [5.74, 6) is -0.276. The van der Waals surface area contributed by atoms with Crippen LogP contribution in [0.4, 0.5) is 4.39 Å². The summed E-state index contributed by atoms with van der Waals surface area (Å²) in [5.41, 5.74) is 7.21. The lowest BCUT2D eigenvalue weighted by molar-refractivity contribution is 0.591. The quantitative estimate of drug-likeness (QED) is 0.940. The summed E-state index contributed by atoms with van der Waals surface area (Å²) in [6.07, 6.45) is 0. The van der Waals surface area contributed by atoms with Crippen LogP contribution in [-0.4, -0.2) is 9.78 Å². The fraction of sp³-hybridized carbons (Fsp3) is 0.250. The minimum atomic E-state index is -0.276. The Kier molecular flexibility index (Phi) is 4.09. The highest BCUT2D eigenvalue weighted by Crippen LogP contribution is 2.34. The second kappa shape index (κ2) is 5.42. The molecule has 0 atom stereocenters. The van der Waals surface area contributed by atoms with Crippen LogP contribution in [0.15, 0.2) is 32.6 Å². The largest absolute Gasteiger partial charge is 0.326 e. The maximum atomic E-state index is 14.1. The molecule has 1 heterocycles. The Hall–Kier alpha value is -0.850. The topological polar surface area (TPSA) is 43.8 Å². The number of halogens is 2. The van der Waals surface area contributed by atoms with Gasteiger partial charge in [0.05, 0.1) is 20.1 Å². The van der Waals surface area contributed by atoms with Gasteiger partial charge in [0.2, 0.25) is 0 Å². The van der Waals surface area contributed by atoms with Gasteiger partial charge < -0.3 is 5.73 Å². The Morgan fingerprint density at radius 2 is 2.22 bits per heavy atom. The van der Waals surface area contributed by atoms with Gasteiger partial charge in [0.15, 0.2) is 5.82 Å². The van der Waals surface area contributed by atoms with Crippen LogP contribution in [0.25, 0.3) is 0 Å². The zero-order valence-electron chi connectivity index (χ0n) is 10.1. The lowest BCUT2D eigenvalue weighted by Crippen LogP contribution is -2.00. The summed E-state index contributed by atoms with van der Waals surface area (Å²) in [5, 5.41) is 5.14. The van der Waals surface area contributed by atoms with Gasteiger partial charge in [-0.15, -0.1) is 0 Å². The average molecular weight is 330 g/mol. The summed E-state index contributed by atoms with van der Waals surface area (Å²) in [7, 11) is 1.84. The maximum absolute atomic E-state index is 14.1. The molecule has 0 fully saturated rings.